The van der Waals surface area contributed by atoms with Crippen molar-refractivity contribution in [3.8, 4) is 11.3 Å². The summed E-state index contributed by atoms with van der Waals surface area (Å²) >= 11 is 1.40. The van der Waals surface area contributed by atoms with Crippen molar-refractivity contribution in [2.75, 3.05) is 11.9 Å². The minimum absolute atomic E-state index is 0.214. The first-order valence-corrected chi connectivity index (χ1v) is 7.57. The van der Waals surface area contributed by atoms with Crippen LogP contribution in [0.15, 0.2) is 60.0 Å². The van der Waals surface area contributed by atoms with Crippen molar-refractivity contribution in [3.05, 3.63) is 71.4 Å². The molecule has 1 amide bonds. The minimum Gasteiger partial charge on any atom is -0.287 e. The molecule has 0 aliphatic carbocycles. The lowest BCUT2D eigenvalue weighted by molar-refractivity contribution is 0.0993. The Balaban J connectivity index is 1.83. The number of hydrogen-bond donors (Lipinski definition) is 0. The molecule has 0 bridgehead atoms. The first kappa shape index (κ1) is 14.4. The number of anilines is 1. The highest BCUT2D eigenvalue weighted by Gasteiger charge is 2.17. The second-order valence-corrected chi connectivity index (χ2v) is 5.59. The van der Waals surface area contributed by atoms with E-state index in [4.69, 9.17) is 0 Å². The SMILES string of the molecule is CN(C(=O)c1ccc(F)cc1)c1nc(-c2ccccc2)cs1. The summed E-state index contributed by atoms with van der Waals surface area (Å²) in [4.78, 5) is 18.3. The third-order valence-corrected chi connectivity index (χ3v) is 4.16. The van der Waals surface area contributed by atoms with Crippen LogP contribution in [0.3, 0.4) is 0 Å². The van der Waals surface area contributed by atoms with Gasteiger partial charge in [-0.2, -0.15) is 0 Å². The molecule has 110 valence electrons. The molecule has 3 rings (SSSR count). The molecule has 0 aliphatic heterocycles. The van der Waals surface area contributed by atoms with E-state index < -0.39 is 0 Å². The quantitative estimate of drug-likeness (QED) is 0.725. The maximum atomic E-state index is 12.9. The Morgan fingerprint density at radius 3 is 2.45 bits per heavy atom. The molecule has 22 heavy (non-hydrogen) atoms. The summed E-state index contributed by atoms with van der Waals surface area (Å²) < 4.78 is 12.9. The summed E-state index contributed by atoms with van der Waals surface area (Å²) in [7, 11) is 1.67. The van der Waals surface area contributed by atoms with E-state index in [1.807, 2.05) is 35.7 Å². The predicted octanol–water partition coefficient (Wildman–Crippen LogP) is 4.23. The van der Waals surface area contributed by atoms with Gasteiger partial charge >= 0.3 is 0 Å². The van der Waals surface area contributed by atoms with Crippen LogP contribution in [0.25, 0.3) is 11.3 Å². The van der Waals surface area contributed by atoms with Gasteiger partial charge in [-0.15, -0.1) is 11.3 Å². The van der Waals surface area contributed by atoms with Crippen molar-refractivity contribution in [1.82, 2.24) is 4.98 Å². The van der Waals surface area contributed by atoms with E-state index >= 15 is 0 Å². The average molecular weight is 312 g/mol. The molecule has 5 heteroatoms. The first-order valence-electron chi connectivity index (χ1n) is 6.70. The number of aromatic nitrogens is 1. The molecular weight excluding hydrogens is 299 g/mol. The molecule has 0 N–H and O–H groups in total. The number of rotatable bonds is 3. The van der Waals surface area contributed by atoms with Crippen molar-refractivity contribution in [2.24, 2.45) is 0 Å². The third kappa shape index (κ3) is 2.89. The predicted molar refractivity (Wildman–Crippen MR) is 86.7 cm³/mol. The number of hydrogen-bond acceptors (Lipinski definition) is 3. The monoisotopic (exact) mass is 312 g/mol. The van der Waals surface area contributed by atoms with Gasteiger partial charge in [-0.05, 0) is 24.3 Å². The summed E-state index contributed by atoms with van der Waals surface area (Å²) in [5.74, 6) is -0.575. The van der Waals surface area contributed by atoms with E-state index in [0.717, 1.165) is 11.3 Å². The van der Waals surface area contributed by atoms with Crippen LogP contribution in [0.5, 0.6) is 0 Å². The van der Waals surface area contributed by atoms with Gasteiger partial charge in [0.15, 0.2) is 5.13 Å². The Morgan fingerprint density at radius 2 is 1.77 bits per heavy atom. The lowest BCUT2D eigenvalue weighted by Gasteiger charge is -2.13. The third-order valence-electron chi connectivity index (χ3n) is 3.24. The van der Waals surface area contributed by atoms with Gasteiger partial charge in [-0.3, -0.25) is 9.69 Å². The molecule has 0 fully saturated rings. The molecule has 0 radical (unpaired) electrons. The van der Waals surface area contributed by atoms with Crippen molar-refractivity contribution >= 4 is 22.4 Å². The van der Waals surface area contributed by atoms with E-state index in [9.17, 15) is 9.18 Å². The molecule has 3 nitrogen and oxygen atoms in total. The second kappa shape index (κ2) is 6.07. The fourth-order valence-electron chi connectivity index (χ4n) is 2.03. The lowest BCUT2D eigenvalue weighted by Crippen LogP contribution is -2.26. The number of thiazole rings is 1. The Bertz CT molecular complexity index is 784. The van der Waals surface area contributed by atoms with Crippen LogP contribution in [0.4, 0.5) is 9.52 Å². The lowest BCUT2D eigenvalue weighted by atomic mass is 10.2. The summed E-state index contributed by atoms with van der Waals surface area (Å²) in [6.45, 7) is 0. The summed E-state index contributed by atoms with van der Waals surface area (Å²) in [5, 5.41) is 2.52. The molecule has 2 aromatic carbocycles. The topological polar surface area (TPSA) is 33.2 Å². The number of amides is 1. The largest absolute Gasteiger partial charge is 0.287 e. The highest BCUT2D eigenvalue weighted by Crippen LogP contribution is 2.27. The van der Waals surface area contributed by atoms with Crippen molar-refractivity contribution < 1.29 is 9.18 Å². The van der Waals surface area contributed by atoms with Gasteiger partial charge in [0.2, 0.25) is 0 Å². The maximum Gasteiger partial charge on any atom is 0.259 e. The molecule has 0 unspecified atom stereocenters. The Morgan fingerprint density at radius 1 is 1.09 bits per heavy atom. The van der Waals surface area contributed by atoms with E-state index in [1.165, 1.54) is 40.5 Å². The van der Waals surface area contributed by atoms with Crippen molar-refractivity contribution in [3.63, 3.8) is 0 Å². The van der Waals surface area contributed by atoms with Gasteiger partial charge in [-0.25, -0.2) is 9.37 Å². The van der Waals surface area contributed by atoms with Crippen LogP contribution in [-0.2, 0) is 0 Å². The van der Waals surface area contributed by atoms with E-state index in [1.54, 1.807) is 7.05 Å². The molecule has 0 spiro atoms. The number of benzene rings is 2. The van der Waals surface area contributed by atoms with Crippen LogP contribution in [0.1, 0.15) is 10.4 Å². The van der Waals surface area contributed by atoms with Crippen LogP contribution >= 0.6 is 11.3 Å². The van der Waals surface area contributed by atoms with Crippen molar-refractivity contribution in [2.45, 2.75) is 0 Å². The second-order valence-electron chi connectivity index (χ2n) is 4.75. The van der Waals surface area contributed by atoms with Crippen LogP contribution in [0.2, 0.25) is 0 Å². The fourth-order valence-corrected chi connectivity index (χ4v) is 2.83. The number of halogens is 1. The highest BCUT2D eigenvalue weighted by atomic mass is 32.1. The van der Waals surface area contributed by atoms with Gasteiger partial charge in [0.25, 0.3) is 5.91 Å². The standard InChI is InChI=1S/C17H13FN2OS/c1-20(16(21)13-7-9-14(18)10-8-13)17-19-15(11-22-17)12-5-3-2-4-6-12/h2-11H,1H3. The van der Waals surface area contributed by atoms with Crippen LogP contribution in [-0.4, -0.2) is 17.9 Å². The molecule has 0 aliphatic rings. The number of carbonyl (C=O) groups excluding carboxylic acids is 1. The maximum absolute atomic E-state index is 12.9. The van der Waals surface area contributed by atoms with E-state index in [-0.39, 0.29) is 11.7 Å². The van der Waals surface area contributed by atoms with Gasteiger partial charge in [-0.1, -0.05) is 30.3 Å². The molecule has 3 aromatic rings. The smallest absolute Gasteiger partial charge is 0.259 e. The molecule has 0 atom stereocenters. The summed E-state index contributed by atoms with van der Waals surface area (Å²) in [5.41, 5.74) is 2.27. The normalized spacial score (nSPS) is 10.5. The fraction of sp³-hybridized carbons (Fsp3) is 0.0588. The highest BCUT2D eigenvalue weighted by molar-refractivity contribution is 7.14. The average Bonchev–Trinajstić information content (AvgIpc) is 3.05. The van der Waals surface area contributed by atoms with Crippen LogP contribution in [0, 0.1) is 5.82 Å². The summed E-state index contributed by atoms with van der Waals surface area (Å²) in [6.07, 6.45) is 0. The zero-order chi connectivity index (χ0) is 15.5. The molecular formula is C17H13FN2OS. The zero-order valence-electron chi connectivity index (χ0n) is 11.9. The van der Waals surface area contributed by atoms with Crippen molar-refractivity contribution in [1.29, 1.82) is 0 Å². The molecule has 1 heterocycles. The van der Waals surface area contributed by atoms with Crippen LogP contribution < -0.4 is 4.90 Å². The zero-order valence-corrected chi connectivity index (χ0v) is 12.7. The van der Waals surface area contributed by atoms with Gasteiger partial charge < -0.3 is 0 Å². The summed E-state index contributed by atoms with van der Waals surface area (Å²) in [6, 6.07) is 15.3. The molecule has 0 saturated heterocycles. The first-order chi connectivity index (χ1) is 10.6. The van der Waals surface area contributed by atoms with Gasteiger partial charge in [0.1, 0.15) is 5.82 Å². The molecule has 0 saturated carbocycles. The number of nitrogens with zero attached hydrogens (tertiary/aromatic N) is 2. The van der Waals surface area contributed by atoms with Gasteiger partial charge in [0.05, 0.1) is 5.69 Å². The Labute approximate surface area is 131 Å². The number of carbonyl (C=O) groups is 1. The minimum atomic E-state index is -0.361. The Hall–Kier alpha value is -2.53. The molecule has 1 aromatic heterocycles. The van der Waals surface area contributed by atoms with Gasteiger partial charge in [0, 0.05) is 23.6 Å². The van der Waals surface area contributed by atoms with E-state index in [2.05, 4.69) is 4.98 Å². The Kier molecular flexibility index (Phi) is 3.98. The van der Waals surface area contributed by atoms with E-state index in [0.29, 0.717) is 10.7 Å².